The predicted octanol–water partition coefficient (Wildman–Crippen LogP) is 1.12. The number of rotatable bonds is 6. The van der Waals surface area contributed by atoms with Crippen molar-refractivity contribution in [1.29, 1.82) is 0 Å². The lowest BCUT2D eigenvalue weighted by Crippen LogP contribution is -2.35. The van der Waals surface area contributed by atoms with E-state index in [0.717, 1.165) is 36.3 Å². The number of ether oxygens (including phenoxy) is 1. The molecule has 3 N–H and O–H groups in total. The largest absolute Gasteiger partial charge is 0.379 e. The second-order valence-electron chi connectivity index (χ2n) is 8.43. The fourth-order valence-electron chi connectivity index (χ4n) is 3.95. The summed E-state index contributed by atoms with van der Waals surface area (Å²) >= 11 is 0. The summed E-state index contributed by atoms with van der Waals surface area (Å²) in [5.41, 5.74) is 9.39. The highest BCUT2D eigenvalue weighted by Gasteiger charge is 2.19. The Morgan fingerprint density at radius 1 is 1.26 bits per heavy atom. The van der Waals surface area contributed by atoms with Gasteiger partial charge in [0.15, 0.2) is 6.10 Å². The third kappa shape index (κ3) is 5.52. The topological polar surface area (TPSA) is 113 Å². The number of nitrogens with zero attached hydrogens (tertiary/aromatic N) is 4. The van der Waals surface area contributed by atoms with Gasteiger partial charge in [0.05, 0.1) is 24.4 Å². The number of carbonyl (C=O) groups excluding carboxylic acids is 2. The maximum absolute atomic E-state index is 12.2. The van der Waals surface area contributed by atoms with E-state index in [1.165, 1.54) is 4.90 Å². The molecule has 3 heterocycles. The van der Waals surface area contributed by atoms with E-state index in [0.29, 0.717) is 31.0 Å². The number of hydrogen-bond donors (Lipinski definition) is 2. The lowest BCUT2D eigenvalue weighted by atomic mass is 10.1. The van der Waals surface area contributed by atoms with Crippen molar-refractivity contribution < 1.29 is 19.4 Å². The molecule has 1 fully saturated rings. The van der Waals surface area contributed by atoms with E-state index in [-0.39, 0.29) is 5.82 Å². The standard InChI is InChI=1S/C26H29N5O4/c1-3-29(2)26(34)22(32)10-8-18-5-4-6-20(15-18)23-21-9-7-19(16-30-11-13-35-14-12-30)17-31(21)25(28-23)24(27)33/h4-7,9,15,17,22,32H,3,11-14,16H2,1-2H3,(H2,27,33). The van der Waals surface area contributed by atoms with Crippen LogP contribution < -0.4 is 5.73 Å². The highest BCUT2D eigenvalue weighted by molar-refractivity contribution is 5.93. The van der Waals surface area contributed by atoms with E-state index >= 15 is 0 Å². The molecule has 0 bridgehead atoms. The molecule has 1 unspecified atom stereocenters. The van der Waals surface area contributed by atoms with Gasteiger partial charge in [0.2, 0.25) is 5.82 Å². The molecule has 1 atom stereocenters. The molecule has 0 saturated carbocycles. The zero-order valence-electron chi connectivity index (χ0n) is 19.9. The first-order valence-corrected chi connectivity index (χ1v) is 11.5. The van der Waals surface area contributed by atoms with Crippen LogP contribution in [0.2, 0.25) is 0 Å². The number of aliphatic hydroxyl groups excluding tert-OH is 1. The Bertz CT molecular complexity index is 1300. The molecule has 2 amide bonds. The summed E-state index contributed by atoms with van der Waals surface area (Å²) in [6.07, 6.45) is 0.500. The van der Waals surface area contributed by atoms with Crippen molar-refractivity contribution >= 4 is 17.3 Å². The number of aliphatic hydroxyl groups is 1. The van der Waals surface area contributed by atoms with Gasteiger partial charge in [-0.2, -0.15) is 0 Å². The highest BCUT2D eigenvalue weighted by atomic mass is 16.5. The van der Waals surface area contributed by atoms with Crippen LogP contribution in [-0.2, 0) is 16.1 Å². The number of aromatic nitrogens is 2. The fraction of sp³-hybridized carbons (Fsp3) is 0.346. The second-order valence-corrected chi connectivity index (χ2v) is 8.43. The minimum Gasteiger partial charge on any atom is -0.379 e. The van der Waals surface area contributed by atoms with Crippen LogP contribution in [-0.4, -0.2) is 82.1 Å². The molecular weight excluding hydrogens is 446 g/mol. The smallest absolute Gasteiger partial charge is 0.285 e. The molecule has 1 saturated heterocycles. The monoisotopic (exact) mass is 475 g/mol. The lowest BCUT2D eigenvalue weighted by molar-refractivity contribution is -0.135. The quantitative estimate of drug-likeness (QED) is 0.517. The number of hydrogen-bond acceptors (Lipinski definition) is 6. The minimum atomic E-state index is -1.40. The van der Waals surface area contributed by atoms with Crippen molar-refractivity contribution in [2.45, 2.75) is 19.6 Å². The van der Waals surface area contributed by atoms with Crippen LogP contribution in [0, 0.1) is 11.8 Å². The number of morpholine rings is 1. The molecule has 4 rings (SSSR count). The Morgan fingerprint density at radius 2 is 2.03 bits per heavy atom. The van der Waals surface area contributed by atoms with Crippen molar-refractivity contribution in [3.8, 4) is 23.1 Å². The third-order valence-electron chi connectivity index (χ3n) is 6.00. The Labute approximate surface area is 204 Å². The van der Waals surface area contributed by atoms with Crippen LogP contribution in [0.5, 0.6) is 0 Å². The maximum Gasteiger partial charge on any atom is 0.285 e. The maximum atomic E-state index is 12.2. The molecule has 3 aromatic rings. The average molecular weight is 476 g/mol. The predicted molar refractivity (Wildman–Crippen MR) is 131 cm³/mol. The average Bonchev–Trinajstić information content (AvgIpc) is 3.26. The van der Waals surface area contributed by atoms with Gasteiger partial charge in [0, 0.05) is 50.6 Å². The molecule has 0 aliphatic carbocycles. The van der Waals surface area contributed by atoms with Gasteiger partial charge in [-0.15, -0.1) is 0 Å². The van der Waals surface area contributed by atoms with Gasteiger partial charge in [0.1, 0.15) is 0 Å². The number of nitrogens with two attached hydrogens (primary N) is 1. The van der Waals surface area contributed by atoms with Crippen molar-refractivity contribution in [2.75, 3.05) is 39.9 Å². The Balaban J connectivity index is 1.65. The summed E-state index contributed by atoms with van der Waals surface area (Å²) in [6, 6.07) is 11.2. The minimum absolute atomic E-state index is 0.152. The van der Waals surface area contributed by atoms with E-state index in [2.05, 4.69) is 21.7 Å². The summed E-state index contributed by atoms with van der Waals surface area (Å²) in [4.78, 5) is 32.5. The van der Waals surface area contributed by atoms with Crippen molar-refractivity contribution in [3.05, 3.63) is 59.5 Å². The number of benzene rings is 1. The zero-order valence-corrected chi connectivity index (χ0v) is 19.9. The lowest BCUT2D eigenvalue weighted by Gasteiger charge is -2.26. The normalized spacial score (nSPS) is 14.8. The molecule has 1 aliphatic heterocycles. The summed E-state index contributed by atoms with van der Waals surface area (Å²) in [6.45, 7) is 6.19. The van der Waals surface area contributed by atoms with E-state index in [9.17, 15) is 14.7 Å². The van der Waals surface area contributed by atoms with Crippen molar-refractivity contribution in [3.63, 3.8) is 0 Å². The third-order valence-corrected chi connectivity index (χ3v) is 6.00. The molecule has 35 heavy (non-hydrogen) atoms. The number of likely N-dealkylation sites (N-methyl/N-ethyl adjacent to an activating group) is 1. The SMILES string of the molecule is CCN(C)C(=O)C(O)C#Cc1cccc(-c2nc(C(N)=O)n3cc(CN4CCOCC4)ccc23)c1. The Hall–Kier alpha value is -3.71. The summed E-state index contributed by atoms with van der Waals surface area (Å²) in [7, 11) is 1.61. The van der Waals surface area contributed by atoms with E-state index in [1.54, 1.807) is 17.5 Å². The van der Waals surface area contributed by atoms with Gasteiger partial charge in [0.25, 0.3) is 11.8 Å². The van der Waals surface area contributed by atoms with Crippen LogP contribution in [0.3, 0.4) is 0 Å². The van der Waals surface area contributed by atoms with E-state index < -0.39 is 17.9 Å². The Morgan fingerprint density at radius 3 is 2.74 bits per heavy atom. The molecule has 0 radical (unpaired) electrons. The molecular formula is C26H29N5O4. The number of fused-ring (bicyclic) bond motifs is 1. The molecule has 1 aliphatic rings. The summed E-state index contributed by atoms with van der Waals surface area (Å²) in [5.74, 6) is 4.54. The van der Waals surface area contributed by atoms with Crippen LogP contribution in [0.4, 0.5) is 0 Å². The van der Waals surface area contributed by atoms with Gasteiger partial charge >= 0.3 is 0 Å². The van der Waals surface area contributed by atoms with Crippen molar-refractivity contribution in [1.82, 2.24) is 19.2 Å². The number of pyridine rings is 1. The molecule has 182 valence electrons. The number of carbonyl (C=O) groups is 2. The van der Waals surface area contributed by atoms with Crippen LogP contribution in [0.25, 0.3) is 16.8 Å². The Kier molecular flexibility index (Phi) is 7.46. The molecule has 1 aromatic carbocycles. The summed E-state index contributed by atoms with van der Waals surface area (Å²) < 4.78 is 7.15. The number of primary amides is 1. The number of amides is 2. The van der Waals surface area contributed by atoms with Crippen LogP contribution in [0.15, 0.2) is 42.6 Å². The van der Waals surface area contributed by atoms with Gasteiger partial charge < -0.3 is 20.5 Å². The zero-order chi connectivity index (χ0) is 24.9. The molecule has 9 heteroatoms. The molecule has 2 aromatic heterocycles. The van der Waals surface area contributed by atoms with E-state index in [4.69, 9.17) is 10.5 Å². The summed E-state index contributed by atoms with van der Waals surface area (Å²) in [5, 5.41) is 10.1. The molecule has 9 nitrogen and oxygen atoms in total. The van der Waals surface area contributed by atoms with Crippen LogP contribution >= 0.6 is 0 Å². The molecule has 0 spiro atoms. The number of imidazole rings is 1. The van der Waals surface area contributed by atoms with Gasteiger partial charge in [-0.25, -0.2) is 4.98 Å². The first-order valence-electron chi connectivity index (χ1n) is 11.5. The van der Waals surface area contributed by atoms with E-state index in [1.807, 2.05) is 43.5 Å². The van der Waals surface area contributed by atoms with Gasteiger partial charge in [-0.05, 0) is 30.7 Å². The fourth-order valence-corrected chi connectivity index (χ4v) is 3.95. The second kappa shape index (κ2) is 10.7. The van der Waals surface area contributed by atoms with Crippen LogP contribution in [0.1, 0.15) is 28.7 Å². The van der Waals surface area contributed by atoms with Gasteiger partial charge in [-0.1, -0.05) is 30.0 Å². The first-order chi connectivity index (χ1) is 16.9. The first kappa shape index (κ1) is 24.4. The van der Waals surface area contributed by atoms with Crippen molar-refractivity contribution in [2.24, 2.45) is 5.73 Å². The van der Waals surface area contributed by atoms with Gasteiger partial charge in [-0.3, -0.25) is 18.9 Å². The highest BCUT2D eigenvalue weighted by Crippen LogP contribution is 2.26.